The van der Waals surface area contributed by atoms with E-state index >= 15 is 0 Å². The first-order valence-electron chi connectivity index (χ1n) is 7.21. The number of imidazole rings is 1. The van der Waals surface area contributed by atoms with Crippen LogP contribution in [0.3, 0.4) is 0 Å². The number of anilines is 1. The Hall–Kier alpha value is -2.23. The fourth-order valence-corrected chi connectivity index (χ4v) is 2.74. The van der Waals surface area contributed by atoms with E-state index in [2.05, 4.69) is 15.0 Å². The van der Waals surface area contributed by atoms with Crippen LogP contribution in [0.5, 0.6) is 0 Å². The van der Waals surface area contributed by atoms with E-state index < -0.39 is 5.97 Å². The molecule has 0 aromatic carbocycles. The van der Waals surface area contributed by atoms with Crippen LogP contribution < -0.4 is 11.3 Å². The lowest BCUT2D eigenvalue weighted by molar-refractivity contribution is -0.392. The molecule has 2 aliphatic rings. The van der Waals surface area contributed by atoms with E-state index in [9.17, 15) is 4.79 Å². The minimum absolute atomic E-state index is 0.0633. The zero-order valence-electron chi connectivity index (χ0n) is 12.8. The van der Waals surface area contributed by atoms with Crippen LogP contribution in [0, 0.1) is 5.41 Å². The summed E-state index contributed by atoms with van der Waals surface area (Å²) in [4.78, 5) is 22.4. The molecule has 0 bridgehead atoms. The van der Waals surface area contributed by atoms with Crippen molar-refractivity contribution in [1.82, 2.24) is 19.5 Å². The van der Waals surface area contributed by atoms with Gasteiger partial charge < -0.3 is 19.9 Å². The van der Waals surface area contributed by atoms with Gasteiger partial charge in [-0.05, 0) is 12.0 Å². The number of fused-ring (bicyclic) bond motifs is 1. The summed E-state index contributed by atoms with van der Waals surface area (Å²) < 4.78 is 18.2. The standard InChI is InChI=1S/C14H17N5O4/c1-13(21-2)22-5-14(6-23-13)3-8(14)4-19-7-16-9-10(19)17-12(15)18-11(9)20/h4,7H,3,5-6H2,1-2H3,(H3,15,17,18,20)/b8-4-. The van der Waals surface area contributed by atoms with Crippen LogP contribution in [-0.2, 0) is 14.2 Å². The van der Waals surface area contributed by atoms with Crippen molar-refractivity contribution in [3.63, 3.8) is 0 Å². The van der Waals surface area contributed by atoms with E-state index in [-0.39, 0.29) is 22.4 Å². The number of hydrogen-bond donors (Lipinski definition) is 2. The van der Waals surface area contributed by atoms with Gasteiger partial charge in [-0.1, -0.05) is 0 Å². The molecule has 9 heteroatoms. The average Bonchev–Trinajstić information content (AvgIpc) is 3.03. The smallest absolute Gasteiger partial charge is 0.280 e. The van der Waals surface area contributed by atoms with Gasteiger partial charge in [0.05, 0.1) is 13.2 Å². The lowest BCUT2D eigenvalue weighted by atomic mass is 10.1. The molecule has 1 saturated heterocycles. The van der Waals surface area contributed by atoms with Crippen molar-refractivity contribution < 1.29 is 14.2 Å². The SMILES string of the molecule is COC1(C)OCC2(CO1)C/C2=C/n1cnc2c(=O)[nH]c(N)nc21. The third-order valence-corrected chi connectivity index (χ3v) is 4.42. The molecule has 4 rings (SSSR count). The van der Waals surface area contributed by atoms with Crippen LogP contribution >= 0.6 is 0 Å². The highest BCUT2D eigenvalue weighted by Crippen LogP contribution is 2.55. The normalized spacial score (nSPS) is 32.0. The van der Waals surface area contributed by atoms with Crippen LogP contribution in [0.1, 0.15) is 13.3 Å². The molecule has 3 heterocycles. The zero-order chi connectivity index (χ0) is 16.2. The quantitative estimate of drug-likeness (QED) is 0.817. The number of methoxy groups -OCH3 is 1. The Balaban J connectivity index is 1.63. The first-order valence-corrected chi connectivity index (χ1v) is 7.21. The van der Waals surface area contributed by atoms with Crippen molar-refractivity contribution in [3.05, 3.63) is 22.3 Å². The molecule has 23 heavy (non-hydrogen) atoms. The molecule has 1 spiro atoms. The molecule has 0 atom stereocenters. The summed E-state index contributed by atoms with van der Waals surface area (Å²) in [6.45, 7) is 2.78. The second-order valence-electron chi connectivity index (χ2n) is 6.03. The Morgan fingerprint density at radius 2 is 2.22 bits per heavy atom. The molecule has 0 unspecified atom stereocenters. The Labute approximate surface area is 131 Å². The van der Waals surface area contributed by atoms with E-state index in [0.717, 1.165) is 12.0 Å². The lowest BCUT2D eigenvalue weighted by Crippen LogP contribution is -2.44. The average molecular weight is 319 g/mol. The highest BCUT2D eigenvalue weighted by atomic mass is 16.9. The summed E-state index contributed by atoms with van der Waals surface area (Å²) in [6.07, 6.45) is 4.31. The molecule has 122 valence electrons. The second-order valence-corrected chi connectivity index (χ2v) is 6.03. The van der Waals surface area contributed by atoms with Gasteiger partial charge in [0.15, 0.2) is 11.2 Å². The number of nitrogens with one attached hydrogen (secondary N) is 1. The highest BCUT2D eigenvalue weighted by Gasteiger charge is 2.55. The third kappa shape index (κ3) is 2.24. The van der Waals surface area contributed by atoms with E-state index in [0.29, 0.717) is 18.9 Å². The number of aromatic nitrogens is 4. The van der Waals surface area contributed by atoms with Crippen molar-refractivity contribution in [3.8, 4) is 0 Å². The second kappa shape index (κ2) is 4.63. The lowest BCUT2D eigenvalue weighted by Gasteiger charge is -2.36. The van der Waals surface area contributed by atoms with Gasteiger partial charge in [0, 0.05) is 25.6 Å². The number of H-pyrrole nitrogens is 1. The number of nitrogens with zero attached hydrogens (tertiary/aromatic N) is 3. The summed E-state index contributed by atoms with van der Waals surface area (Å²) in [7, 11) is 1.55. The van der Waals surface area contributed by atoms with Crippen LogP contribution in [0.15, 0.2) is 16.7 Å². The van der Waals surface area contributed by atoms with Crippen LogP contribution in [0.4, 0.5) is 5.95 Å². The molecule has 2 fully saturated rings. The molecular weight excluding hydrogens is 302 g/mol. The van der Waals surface area contributed by atoms with Gasteiger partial charge >= 0.3 is 0 Å². The summed E-state index contributed by atoms with van der Waals surface area (Å²) >= 11 is 0. The topological polar surface area (TPSA) is 117 Å². The maximum absolute atomic E-state index is 11.8. The Kier molecular flexibility index (Phi) is 2.89. The summed E-state index contributed by atoms with van der Waals surface area (Å²) in [5.74, 6) is -0.919. The molecule has 3 N–H and O–H groups in total. The third-order valence-electron chi connectivity index (χ3n) is 4.42. The maximum Gasteiger partial charge on any atom is 0.280 e. The first kappa shape index (κ1) is 14.4. The maximum atomic E-state index is 11.8. The predicted octanol–water partition coefficient (Wildman–Crippen LogP) is 0.300. The Morgan fingerprint density at radius 3 is 2.91 bits per heavy atom. The monoisotopic (exact) mass is 319 g/mol. The number of aromatic amines is 1. The summed E-state index contributed by atoms with van der Waals surface area (Å²) in [5.41, 5.74) is 6.95. The van der Waals surface area contributed by atoms with Crippen molar-refractivity contribution in [1.29, 1.82) is 0 Å². The molecule has 1 aliphatic carbocycles. The van der Waals surface area contributed by atoms with Crippen molar-refractivity contribution in [2.75, 3.05) is 26.1 Å². The Bertz CT molecular complexity index is 860. The van der Waals surface area contributed by atoms with Gasteiger partial charge in [-0.2, -0.15) is 4.98 Å². The van der Waals surface area contributed by atoms with E-state index in [4.69, 9.17) is 19.9 Å². The number of nitrogens with two attached hydrogens (primary N) is 1. The highest BCUT2D eigenvalue weighted by molar-refractivity contribution is 5.73. The minimum Gasteiger partial charge on any atom is -0.369 e. The predicted molar refractivity (Wildman–Crippen MR) is 81.2 cm³/mol. The number of rotatable bonds is 2. The first-order chi connectivity index (χ1) is 10.9. The van der Waals surface area contributed by atoms with Gasteiger partial charge in [-0.15, -0.1) is 0 Å². The van der Waals surface area contributed by atoms with Crippen molar-refractivity contribution in [2.24, 2.45) is 5.41 Å². The molecule has 2 aromatic heterocycles. The Morgan fingerprint density at radius 1 is 1.48 bits per heavy atom. The number of hydrogen-bond acceptors (Lipinski definition) is 7. The fourth-order valence-electron chi connectivity index (χ4n) is 2.74. The van der Waals surface area contributed by atoms with Crippen LogP contribution in [-0.4, -0.2) is 45.8 Å². The van der Waals surface area contributed by atoms with E-state index in [1.54, 1.807) is 24.9 Å². The van der Waals surface area contributed by atoms with Crippen molar-refractivity contribution in [2.45, 2.75) is 19.3 Å². The number of ether oxygens (including phenoxy) is 3. The molecule has 1 saturated carbocycles. The molecule has 1 aliphatic heterocycles. The van der Waals surface area contributed by atoms with Gasteiger partial charge in [0.1, 0.15) is 6.33 Å². The molecule has 9 nitrogen and oxygen atoms in total. The largest absolute Gasteiger partial charge is 0.369 e. The van der Waals surface area contributed by atoms with Gasteiger partial charge in [-0.25, -0.2) is 4.98 Å². The van der Waals surface area contributed by atoms with Gasteiger partial charge in [0.25, 0.3) is 11.5 Å². The van der Waals surface area contributed by atoms with Gasteiger partial charge in [0.2, 0.25) is 5.95 Å². The molecule has 0 radical (unpaired) electrons. The van der Waals surface area contributed by atoms with Crippen molar-refractivity contribution >= 4 is 23.3 Å². The van der Waals surface area contributed by atoms with Gasteiger partial charge in [-0.3, -0.25) is 14.3 Å². The molecule has 2 aromatic rings. The summed E-state index contributed by atoms with van der Waals surface area (Å²) in [6, 6.07) is 0. The minimum atomic E-state index is -0.982. The van der Waals surface area contributed by atoms with E-state index in [1.807, 2.05) is 6.20 Å². The van der Waals surface area contributed by atoms with Crippen LogP contribution in [0.25, 0.3) is 17.4 Å². The zero-order valence-corrected chi connectivity index (χ0v) is 12.8. The number of nitrogen functional groups attached to an aromatic ring is 1. The summed E-state index contributed by atoms with van der Waals surface area (Å²) in [5, 5.41) is 0. The van der Waals surface area contributed by atoms with E-state index in [1.165, 1.54) is 0 Å². The van der Waals surface area contributed by atoms with Crippen LogP contribution in [0.2, 0.25) is 0 Å². The molecular formula is C14H17N5O4. The fraction of sp³-hybridized carbons (Fsp3) is 0.500. The molecule has 0 amide bonds.